The predicted molar refractivity (Wildman–Crippen MR) is 68.0 cm³/mol. The Kier molecular flexibility index (Phi) is 4.84. The molecule has 0 heterocycles. The van der Waals surface area contributed by atoms with Crippen LogP contribution in [0.15, 0.2) is 40.8 Å². The Morgan fingerprint density at radius 1 is 1.31 bits per heavy atom. The van der Waals surface area contributed by atoms with Crippen LogP contribution in [-0.4, -0.2) is 20.1 Å². The summed E-state index contributed by atoms with van der Waals surface area (Å²) in [6.45, 7) is 1.75. The summed E-state index contributed by atoms with van der Waals surface area (Å²) in [5, 5.41) is 0.520. The highest BCUT2D eigenvalue weighted by Gasteiger charge is 2.14. The fourth-order valence-electron chi connectivity index (χ4n) is 1.22. The van der Waals surface area contributed by atoms with Gasteiger partial charge in [0.15, 0.2) is 9.84 Å². The first-order valence-corrected chi connectivity index (χ1v) is 7.22. The van der Waals surface area contributed by atoms with Crippen LogP contribution < -0.4 is 0 Å². The van der Waals surface area contributed by atoms with Gasteiger partial charge >= 0.3 is 0 Å². The summed E-state index contributed by atoms with van der Waals surface area (Å²) in [7, 11) is -3.28. The van der Waals surface area contributed by atoms with Gasteiger partial charge in [0.05, 0.1) is 10.6 Å². The van der Waals surface area contributed by atoms with Gasteiger partial charge in [-0.2, -0.15) is 0 Å². The molecule has 0 radical (unpaired) electrons. The number of allylic oxidation sites excluding steroid dienone is 1. The normalized spacial score (nSPS) is 12.8. The highest BCUT2D eigenvalue weighted by Crippen LogP contribution is 2.17. The van der Waals surface area contributed by atoms with Crippen LogP contribution in [0.25, 0.3) is 0 Å². The van der Waals surface area contributed by atoms with Crippen molar-refractivity contribution in [3.05, 3.63) is 40.9 Å². The second-order valence-corrected chi connectivity index (χ2v) is 6.15. The standard InChI is InChI=1S/C11H12Cl2O2S/c1-9(6-7-12)8-16(14,15)11-4-2-10(13)3-5-11/h2-6H,7-8H2,1H3/b9-6+. The van der Waals surface area contributed by atoms with E-state index in [1.165, 1.54) is 12.1 Å². The molecule has 0 aliphatic rings. The van der Waals surface area contributed by atoms with E-state index in [-0.39, 0.29) is 10.6 Å². The Bertz CT molecular complexity index is 475. The average molecular weight is 279 g/mol. The van der Waals surface area contributed by atoms with Crippen LogP contribution in [0.3, 0.4) is 0 Å². The molecule has 0 fully saturated rings. The van der Waals surface area contributed by atoms with E-state index in [4.69, 9.17) is 23.2 Å². The number of halogens is 2. The maximum absolute atomic E-state index is 11.9. The molecule has 0 atom stereocenters. The SMILES string of the molecule is C/C(=C\CCl)CS(=O)(=O)c1ccc(Cl)cc1. The molecule has 0 unspecified atom stereocenters. The second-order valence-electron chi connectivity index (χ2n) is 3.42. The summed E-state index contributed by atoms with van der Waals surface area (Å²) in [5.41, 5.74) is 0.741. The molecule has 0 aromatic heterocycles. The Morgan fingerprint density at radius 2 is 1.88 bits per heavy atom. The van der Waals surface area contributed by atoms with Gasteiger partial charge in [-0.1, -0.05) is 23.3 Å². The zero-order valence-electron chi connectivity index (χ0n) is 8.78. The van der Waals surface area contributed by atoms with E-state index in [0.717, 1.165) is 5.57 Å². The van der Waals surface area contributed by atoms with Crippen molar-refractivity contribution in [2.45, 2.75) is 11.8 Å². The smallest absolute Gasteiger partial charge is 0.182 e. The van der Waals surface area contributed by atoms with E-state index >= 15 is 0 Å². The lowest BCUT2D eigenvalue weighted by molar-refractivity contribution is 0.598. The molecule has 16 heavy (non-hydrogen) atoms. The van der Waals surface area contributed by atoms with Crippen molar-refractivity contribution in [1.29, 1.82) is 0 Å². The third kappa shape index (κ3) is 3.81. The van der Waals surface area contributed by atoms with Crippen molar-refractivity contribution in [3.63, 3.8) is 0 Å². The van der Waals surface area contributed by atoms with E-state index in [0.29, 0.717) is 10.9 Å². The molecule has 0 N–H and O–H groups in total. The molecule has 0 saturated carbocycles. The molecular weight excluding hydrogens is 267 g/mol. The van der Waals surface area contributed by atoms with Crippen LogP contribution >= 0.6 is 23.2 Å². The van der Waals surface area contributed by atoms with Crippen molar-refractivity contribution in [2.75, 3.05) is 11.6 Å². The van der Waals surface area contributed by atoms with Gasteiger partial charge in [0.2, 0.25) is 0 Å². The maximum Gasteiger partial charge on any atom is 0.182 e. The highest BCUT2D eigenvalue weighted by molar-refractivity contribution is 7.91. The third-order valence-corrected chi connectivity index (χ3v) is 4.25. The van der Waals surface area contributed by atoms with Crippen LogP contribution in [0.5, 0.6) is 0 Å². The Balaban J connectivity index is 2.95. The van der Waals surface area contributed by atoms with E-state index in [1.807, 2.05) is 0 Å². The Hall–Kier alpha value is -0.510. The molecule has 1 rings (SSSR count). The number of hydrogen-bond donors (Lipinski definition) is 0. The summed E-state index contributed by atoms with van der Waals surface area (Å²) < 4.78 is 23.8. The topological polar surface area (TPSA) is 34.1 Å². The van der Waals surface area contributed by atoms with Crippen LogP contribution in [0, 0.1) is 0 Å². The fraction of sp³-hybridized carbons (Fsp3) is 0.273. The fourth-order valence-corrected chi connectivity index (χ4v) is 3.04. The number of alkyl halides is 1. The zero-order chi connectivity index (χ0) is 12.2. The van der Waals surface area contributed by atoms with Gasteiger partial charge in [-0.05, 0) is 31.2 Å². The van der Waals surface area contributed by atoms with Crippen molar-refractivity contribution in [2.24, 2.45) is 0 Å². The summed E-state index contributed by atoms with van der Waals surface area (Å²) in [5.74, 6) is 0.309. The number of rotatable bonds is 4. The Morgan fingerprint density at radius 3 is 2.38 bits per heavy atom. The molecule has 0 amide bonds. The minimum Gasteiger partial charge on any atom is -0.223 e. The van der Waals surface area contributed by atoms with Crippen LogP contribution in [-0.2, 0) is 9.84 Å². The molecule has 1 aromatic carbocycles. The monoisotopic (exact) mass is 278 g/mol. The zero-order valence-corrected chi connectivity index (χ0v) is 11.1. The first kappa shape index (κ1) is 13.6. The predicted octanol–water partition coefficient (Wildman–Crippen LogP) is 3.30. The molecule has 2 nitrogen and oxygen atoms in total. The van der Waals surface area contributed by atoms with Crippen molar-refractivity contribution < 1.29 is 8.42 Å². The first-order chi connectivity index (χ1) is 7.45. The summed E-state index contributed by atoms with van der Waals surface area (Å²) >= 11 is 11.2. The molecule has 0 spiro atoms. The van der Waals surface area contributed by atoms with Gasteiger partial charge in [0.1, 0.15) is 0 Å². The lowest BCUT2D eigenvalue weighted by Crippen LogP contribution is -2.07. The lowest BCUT2D eigenvalue weighted by atomic mass is 10.3. The Labute approximate surface area is 106 Å². The van der Waals surface area contributed by atoms with E-state index < -0.39 is 9.84 Å². The molecule has 0 saturated heterocycles. The highest BCUT2D eigenvalue weighted by atomic mass is 35.5. The van der Waals surface area contributed by atoms with Gasteiger partial charge in [-0.3, -0.25) is 0 Å². The van der Waals surface area contributed by atoms with Gasteiger partial charge < -0.3 is 0 Å². The third-order valence-electron chi connectivity index (χ3n) is 2.02. The molecule has 0 aliphatic heterocycles. The molecule has 1 aromatic rings. The molecule has 0 bridgehead atoms. The van der Waals surface area contributed by atoms with Crippen LogP contribution in [0.2, 0.25) is 5.02 Å². The maximum atomic E-state index is 11.9. The molecule has 0 aliphatic carbocycles. The number of sulfone groups is 1. The van der Waals surface area contributed by atoms with Gasteiger partial charge in [0.25, 0.3) is 0 Å². The lowest BCUT2D eigenvalue weighted by Gasteiger charge is -2.04. The minimum absolute atomic E-state index is 0.0125. The second kappa shape index (κ2) is 5.71. The number of hydrogen-bond acceptors (Lipinski definition) is 2. The number of benzene rings is 1. The van der Waals surface area contributed by atoms with Crippen LogP contribution in [0.1, 0.15) is 6.92 Å². The quantitative estimate of drug-likeness (QED) is 0.626. The summed E-state index contributed by atoms with van der Waals surface area (Å²) in [6.07, 6.45) is 1.69. The molecular formula is C11H12Cl2O2S. The largest absolute Gasteiger partial charge is 0.223 e. The van der Waals surface area contributed by atoms with Gasteiger partial charge in [0, 0.05) is 10.9 Å². The average Bonchev–Trinajstić information content (AvgIpc) is 2.17. The van der Waals surface area contributed by atoms with E-state index in [2.05, 4.69) is 0 Å². The van der Waals surface area contributed by atoms with Crippen molar-refractivity contribution in [1.82, 2.24) is 0 Å². The van der Waals surface area contributed by atoms with Crippen LogP contribution in [0.4, 0.5) is 0 Å². The summed E-state index contributed by atoms with van der Waals surface area (Å²) in [6, 6.07) is 6.14. The van der Waals surface area contributed by atoms with E-state index in [1.54, 1.807) is 25.1 Å². The first-order valence-electron chi connectivity index (χ1n) is 4.65. The van der Waals surface area contributed by atoms with Crippen molar-refractivity contribution >= 4 is 33.0 Å². The molecule has 5 heteroatoms. The minimum atomic E-state index is -3.28. The van der Waals surface area contributed by atoms with Gasteiger partial charge in [-0.25, -0.2) is 8.42 Å². The van der Waals surface area contributed by atoms with Crippen molar-refractivity contribution in [3.8, 4) is 0 Å². The summed E-state index contributed by atoms with van der Waals surface area (Å²) in [4.78, 5) is 0.277. The van der Waals surface area contributed by atoms with Gasteiger partial charge in [-0.15, -0.1) is 11.6 Å². The van der Waals surface area contributed by atoms with E-state index in [9.17, 15) is 8.42 Å². The molecule has 88 valence electrons.